The fraction of sp³-hybridized carbons (Fsp3) is 0.115. The fourth-order valence-corrected chi connectivity index (χ4v) is 3.88. The normalized spacial score (nSPS) is 14.1. The first-order chi connectivity index (χ1) is 16.9. The number of nitrogens with one attached hydrogen (secondary N) is 1. The van der Waals surface area contributed by atoms with E-state index in [1.165, 1.54) is 30.3 Å². The SMILES string of the molecule is O=C1COc2ccc(C(=O)COC(=O)c3ccc4c(c3)C(=O)N(Cc3ccccc3)C4=O)cc2N1. The number of amides is 3. The van der Waals surface area contributed by atoms with Crippen LogP contribution in [0, 0.1) is 0 Å². The summed E-state index contributed by atoms with van der Waals surface area (Å²) in [7, 11) is 0. The number of ketones is 1. The summed E-state index contributed by atoms with van der Waals surface area (Å²) in [5.74, 6) is -2.12. The van der Waals surface area contributed by atoms with Crippen molar-refractivity contribution in [3.8, 4) is 5.75 Å². The van der Waals surface area contributed by atoms with E-state index in [4.69, 9.17) is 9.47 Å². The number of benzene rings is 3. The van der Waals surface area contributed by atoms with Gasteiger partial charge in [-0.05, 0) is 42.0 Å². The number of fused-ring (bicyclic) bond motifs is 2. The Kier molecular flexibility index (Phi) is 5.58. The Balaban J connectivity index is 1.26. The summed E-state index contributed by atoms with van der Waals surface area (Å²) < 4.78 is 10.4. The highest BCUT2D eigenvalue weighted by atomic mass is 16.5. The van der Waals surface area contributed by atoms with Gasteiger partial charge >= 0.3 is 5.97 Å². The lowest BCUT2D eigenvalue weighted by Gasteiger charge is -2.18. The highest BCUT2D eigenvalue weighted by Crippen LogP contribution is 2.29. The molecule has 5 rings (SSSR count). The van der Waals surface area contributed by atoms with E-state index in [1.54, 1.807) is 6.07 Å². The third-order valence-corrected chi connectivity index (χ3v) is 5.66. The minimum absolute atomic E-state index is 0.0466. The summed E-state index contributed by atoms with van der Waals surface area (Å²) in [5.41, 5.74) is 1.75. The van der Waals surface area contributed by atoms with Crippen molar-refractivity contribution in [3.05, 3.63) is 94.5 Å². The van der Waals surface area contributed by atoms with Gasteiger partial charge in [0.15, 0.2) is 19.0 Å². The van der Waals surface area contributed by atoms with Crippen molar-refractivity contribution in [2.75, 3.05) is 18.5 Å². The molecule has 9 nitrogen and oxygen atoms in total. The minimum atomic E-state index is -0.808. The van der Waals surface area contributed by atoms with Gasteiger partial charge in [0.05, 0.1) is 28.9 Å². The van der Waals surface area contributed by atoms with Gasteiger partial charge in [0.2, 0.25) is 0 Å². The summed E-state index contributed by atoms with van der Waals surface area (Å²) in [5, 5.41) is 2.61. The van der Waals surface area contributed by atoms with Gasteiger partial charge in [-0.15, -0.1) is 0 Å². The molecule has 2 aliphatic heterocycles. The molecule has 0 radical (unpaired) electrons. The lowest BCUT2D eigenvalue weighted by atomic mass is 10.1. The second-order valence-corrected chi connectivity index (χ2v) is 7.99. The average Bonchev–Trinajstić information content (AvgIpc) is 3.11. The van der Waals surface area contributed by atoms with Crippen LogP contribution in [0.5, 0.6) is 5.75 Å². The molecule has 35 heavy (non-hydrogen) atoms. The Morgan fingerprint density at radius 2 is 1.63 bits per heavy atom. The summed E-state index contributed by atoms with van der Waals surface area (Å²) >= 11 is 0. The molecule has 2 heterocycles. The van der Waals surface area contributed by atoms with E-state index < -0.39 is 30.2 Å². The summed E-state index contributed by atoms with van der Waals surface area (Å²) in [6, 6.07) is 17.7. The van der Waals surface area contributed by atoms with Gasteiger partial charge in [0.25, 0.3) is 17.7 Å². The first-order valence-corrected chi connectivity index (χ1v) is 10.7. The Morgan fingerprint density at radius 3 is 2.43 bits per heavy atom. The number of hydrogen-bond donors (Lipinski definition) is 1. The van der Waals surface area contributed by atoms with Crippen LogP contribution < -0.4 is 10.1 Å². The largest absolute Gasteiger partial charge is 0.482 e. The molecule has 0 aliphatic carbocycles. The number of rotatable bonds is 6. The zero-order valence-corrected chi connectivity index (χ0v) is 18.3. The van der Waals surface area contributed by atoms with Crippen LogP contribution in [0.2, 0.25) is 0 Å². The maximum absolute atomic E-state index is 12.8. The van der Waals surface area contributed by atoms with E-state index in [1.807, 2.05) is 30.3 Å². The second-order valence-electron chi connectivity index (χ2n) is 7.99. The van der Waals surface area contributed by atoms with Crippen molar-refractivity contribution in [1.82, 2.24) is 4.90 Å². The number of Topliss-reactive ketones (excluding diaryl/α,β-unsaturated/α-hetero) is 1. The van der Waals surface area contributed by atoms with E-state index in [-0.39, 0.29) is 41.3 Å². The van der Waals surface area contributed by atoms with E-state index in [2.05, 4.69) is 5.32 Å². The topological polar surface area (TPSA) is 119 Å². The van der Waals surface area contributed by atoms with Crippen molar-refractivity contribution in [2.45, 2.75) is 6.54 Å². The third kappa shape index (κ3) is 4.26. The van der Waals surface area contributed by atoms with Crippen molar-refractivity contribution >= 4 is 35.2 Å². The molecular formula is C26H18N2O7. The zero-order chi connectivity index (χ0) is 24.5. The van der Waals surface area contributed by atoms with Gasteiger partial charge < -0.3 is 14.8 Å². The van der Waals surface area contributed by atoms with Gasteiger partial charge in [-0.1, -0.05) is 30.3 Å². The van der Waals surface area contributed by atoms with Gasteiger partial charge in [-0.25, -0.2) is 4.79 Å². The molecule has 0 aromatic heterocycles. The smallest absolute Gasteiger partial charge is 0.338 e. The van der Waals surface area contributed by atoms with Crippen LogP contribution in [-0.4, -0.2) is 47.6 Å². The number of carbonyl (C=O) groups is 5. The minimum Gasteiger partial charge on any atom is -0.482 e. The van der Waals surface area contributed by atoms with E-state index in [0.717, 1.165) is 10.5 Å². The number of anilines is 1. The van der Waals surface area contributed by atoms with Crippen molar-refractivity contribution in [3.63, 3.8) is 0 Å². The molecule has 9 heteroatoms. The number of esters is 1. The van der Waals surface area contributed by atoms with Crippen LogP contribution in [0.3, 0.4) is 0 Å². The van der Waals surface area contributed by atoms with Gasteiger partial charge in [0, 0.05) is 5.56 Å². The average molecular weight is 470 g/mol. The van der Waals surface area contributed by atoms with Gasteiger partial charge in [-0.3, -0.25) is 24.1 Å². The molecule has 3 amide bonds. The summed E-state index contributed by atoms with van der Waals surface area (Å²) in [6.07, 6.45) is 0. The van der Waals surface area contributed by atoms with Crippen LogP contribution in [0.4, 0.5) is 5.69 Å². The van der Waals surface area contributed by atoms with Crippen LogP contribution in [0.15, 0.2) is 66.7 Å². The first-order valence-electron chi connectivity index (χ1n) is 10.7. The highest BCUT2D eigenvalue weighted by Gasteiger charge is 2.36. The number of imide groups is 1. The lowest BCUT2D eigenvalue weighted by Crippen LogP contribution is -2.29. The number of carbonyl (C=O) groups excluding carboxylic acids is 5. The molecule has 0 saturated carbocycles. The highest BCUT2D eigenvalue weighted by molar-refractivity contribution is 6.22. The van der Waals surface area contributed by atoms with Crippen LogP contribution >= 0.6 is 0 Å². The van der Waals surface area contributed by atoms with Crippen LogP contribution in [0.1, 0.15) is 47.0 Å². The second kappa shape index (κ2) is 8.86. The maximum Gasteiger partial charge on any atom is 0.338 e. The molecule has 0 spiro atoms. The van der Waals surface area contributed by atoms with E-state index in [9.17, 15) is 24.0 Å². The lowest BCUT2D eigenvalue weighted by molar-refractivity contribution is -0.118. The van der Waals surface area contributed by atoms with Gasteiger partial charge in [-0.2, -0.15) is 0 Å². The molecule has 0 bridgehead atoms. The molecule has 0 unspecified atom stereocenters. The van der Waals surface area contributed by atoms with E-state index >= 15 is 0 Å². The monoisotopic (exact) mass is 470 g/mol. The molecule has 1 N–H and O–H groups in total. The van der Waals surface area contributed by atoms with Crippen LogP contribution in [0.25, 0.3) is 0 Å². The van der Waals surface area contributed by atoms with Crippen molar-refractivity contribution in [2.24, 2.45) is 0 Å². The van der Waals surface area contributed by atoms with Crippen molar-refractivity contribution in [1.29, 1.82) is 0 Å². The predicted octanol–water partition coefficient (Wildman–Crippen LogP) is 2.85. The molecule has 0 fully saturated rings. The molecule has 174 valence electrons. The Morgan fingerprint density at radius 1 is 0.886 bits per heavy atom. The standard InChI is InChI=1S/C26H18N2O7/c29-21(16-7-9-22-20(11-16)27-23(30)14-34-22)13-35-26(33)17-6-8-18-19(10-17)25(32)28(24(18)31)12-15-4-2-1-3-5-15/h1-11H,12-14H2,(H,27,30). The third-order valence-electron chi connectivity index (χ3n) is 5.66. The van der Waals surface area contributed by atoms with Crippen LogP contribution in [-0.2, 0) is 16.1 Å². The van der Waals surface area contributed by atoms with Crippen molar-refractivity contribution < 1.29 is 33.4 Å². The zero-order valence-electron chi connectivity index (χ0n) is 18.3. The number of ether oxygens (including phenoxy) is 2. The van der Waals surface area contributed by atoms with E-state index in [0.29, 0.717) is 11.4 Å². The fourth-order valence-electron chi connectivity index (χ4n) is 3.88. The Bertz CT molecular complexity index is 1400. The maximum atomic E-state index is 12.8. The molecule has 3 aromatic carbocycles. The molecule has 2 aliphatic rings. The Hall–Kier alpha value is -4.79. The molecule has 0 saturated heterocycles. The molecule has 0 atom stereocenters. The quantitative estimate of drug-likeness (QED) is 0.334. The molecule has 3 aromatic rings. The molecular weight excluding hydrogens is 452 g/mol. The van der Waals surface area contributed by atoms with Gasteiger partial charge in [0.1, 0.15) is 5.75 Å². The Labute approximate surface area is 199 Å². The summed E-state index contributed by atoms with van der Waals surface area (Å²) in [4.78, 5) is 63.2. The first kappa shape index (κ1) is 22.0. The predicted molar refractivity (Wildman–Crippen MR) is 122 cm³/mol. The number of nitrogens with zero attached hydrogens (tertiary/aromatic N) is 1. The number of hydrogen-bond acceptors (Lipinski definition) is 7. The summed E-state index contributed by atoms with van der Waals surface area (Å²) in [6.45, 7) is -0.527.